The summed E-state index contributed by atoms with van der Waals surface area (Å²) in [5.41, 5.74) is 0.499. The third-order valence-corrected chi connectivity index (χ3v) is 3.44. The van der Waals surface area contributed by atoms with E-state index < -0.39 is 6.10 Å². The number of carbonyl (C=O) groups is 1. The van der Waals surface area contributed by atoms with Crippen molar-refractivity contribution < 1.29 is 9.90 Å². The summed E-state index contributed by atoms with van der Waals surface area (Å²) in [5, 5.41) is 9.95. The summed E-state index contributed by atoms with van der Waals surface area (Å²) in [6, 6.07) is 3.56. The molecule has 1 aliphatic heterocycles. The number of likely N-dealkylation sites (tertiary alicyclic amines) is 1. The number of aliphatic hydroxyl groups is 1. The van der Waals surface area contributed by atoms with Crippen LogP contribution < -0.4 is 0 Å². The number of rotatable bonds is 1. The van der Waals surface area contributed by atoms with Crippen molar-refractivity contribution in [3.8, 4) is 0 Å². The first-order chi connectivity index (χ1) is 7.50. The Balaban J connectivity index is 2.06. The number of hydrogen-bond donors (Lipinski definition) is 2. The lowest BCUT2D eigenvalue weighted by Crippen LogP contribution is -2.50. The lowest BCUT2D eigenvalue weighted by Gasteiger charge is -2.41. The number of aromatic nitrogens is 1. The highest BCUT2D eigenvalue weighted by Gasteiger charge is 2.36. The van der Waals surface area contributed by atoms with E-state index in [-0.39, 0.29) is 11.3 Å². The van der Waals surface area contributed by atoms with Crippen molar-refractivity contribution in [1.82, 2.24) is 9.88 Å². The fraction of sp³-hybridized carbons (Fsp3) is 0.583. The molecule has 0 spiro atoms. The second-order valence-corrected chi connectivity index (χ2v) is 5.09. The van der Waals surface area contributed by atoms with E-state index in [9.17, 15) is 9.90 Å². The Morgan fingerprint density at radius 2 is 2.38 bits per heavy atom. The Bertz CT molecular complexity index is 370. The van der Waals surface area contributed by atoms with Gasteiger partial charge in [-0.1, -0.05) is 13.8 Å². The van der Waals surface area contributed by atoms with E-state index in [0.717, 1.165) is 6.42 Å². The number of hydrogen-bond acceptors (Lipinski definition) is 2. The number of amides is 1. The van der Waals surface area contributed by atoms with Gasteiger partial charge in [-0.15, -0.1) is 0 Å². The average Bonchev–Trinajstić information content (AvgIpc) is 2.74. The largest absolute Gasteiger partial charge is 0.391 e. The van der Waals surface area contributed by atoms with Gasteiger partial charge in [0.05, 0.1) is 6.10 Å². The summed E-state index contributed by atoms with van der Waals surface area (Å²) in [7, 11) is 0. The maximum Gasteiger partial charge on any atom is 0.270 e. The van der Waals surface area contributed by atoms with Crippen LogP contribution in [0.25, 0.3) is 0 Å². The number of nitrogens with zero attached hydrogens (tertiary/aromatic N) is 1. The zero-order valence-electron chi connectivity index (χ0n) is 9.73. The van der Waals surface area contributed by atoms with Crippen molar-refractivity contribution >= 4 is 5.91 Å². The molecule has 1 aromatic heterocycles. The predicted octanol–water partition coefficient (Wildman–Crippen LogP) is 1.25. The topological polar surface area (TPSA) is 56.3 Å². The van der Waals surface area contributed by atoms with Gasteiger partial charge in [-0.3, -0.25) is 4.79 Å². The standard InChI is InChI=1S/C12H18N2O2/c1-12(2)5-7-14(8-10(12)15)11(16)9-4-3-6-13-9/h3-4,6,10,13,15H,5,7-8H2,1-2H3. The van der Waals surface area contributed by atoms with Gasteiger partial charge in [0.2, 0.25) is 0 Å². The highest BCUT2D eigenvalue weighted by Crippen LogP contribution is 2.30. The number of β-amino-alcohol motifs (C(OH)–C–C–N with tert-alkyl or cyclic N) is 1. The zero-order valence-corrected chi connectivity index (χ0v) is 9.73. The fourth-order valence-electron chi connectivity index (χ4n) is 1.96. The minimum absolute atomic E-state index is 0.0282. The van der Waals surface area contributed by atoms with Gasteiger partial charge in [0, 0.05) is 19.3 Å². The van der Waals surface area contributed by atoms with Crippen LogP contribution >= 0.6 is 0 Å². The van der Waals surface area contributed by atoms with Crippen molar-refractivity contribution in [2.24, 2.45) is 5.41 Å². The molecule has 1 fully saturated rings. The molecule has 88 valence electrons. The van der Waals surface area contributed by atoms with E-state index in [0.29, 0.717) is 18.8 Å². The van der Waals surface area contributed by atoms with Crippen molar-refractivity contribution in [1.29, 1.82) is 0 Å². The number of nitrogens with one attached hydrogen (secondary N) is 1. The summed E-state index contributed by atoms with van der Waals surface area (Å²) in [5.74, 6) is -0.0282. The average molecular weight is 222 g/mol. The molecular weight excluding hydrogens is 204 g/mol. The molecule has 4 heteroatoms. The monoisotopic (exact) mass is 222 g/mol. The first-order valence-corrected chi connectivity index (χ1v) is 5.61. The van der Waals surface area contributed by atoms with E-state index in [1.807, 2.05) is 13.8 Å². The van der Waals surface area contributed by atoms with Crippen LogP contribution in [0.3, 0.4) is 0 Å². The van der Waals surface area contributed by atoms with Crippen molar-refractivity contribution in [3.05, 3.63) is 24.0 Å². The van der Waals surface area contributed by atoms with Gasteiger partial charge in [0.1, 0.15) is 5.69 Å². The molecule has 0 saturated carbocycles. The fourth-order valence-corrected chi connectivity index (χ4v) is 1.96. The van der Waals surface area contributed by atoms with E-state index in [4.69, 9.17) is 0 Å². The molecule has 0 aliphatic carbocycles. The molecule has 0 bridgehead atoms. The first kappa shape index (κ1) is 11.2. The molecule has 1 atom stereocenters. The molecule has 0 radical (unpaired) electrons. The third-order valence-electron chi connectivity index (χ3n) is 3.44. The van der Waals surface area contributed by atoms with Gasteiger partial charge >= 0.3 is 0 Å². The van der Waals surface area contributed by atoms with Crippen molar-refractivity contribution in [2.75, 3.05) is 13.1 Å². The van der Waals surface area contributed by atoms with Crippen LogP contribution in [0.1, 0.15) is 30.8 Å². The molecule has 2 heterocycles. The number of aromatic amines is 1. The highest BCUT2D eigenvalue weighted by atomic mass is 16.3. The quantitative estimate of drug-likeness (QED) is 0.751. The lowest BCUT2D eigenvalue weighted by atomic mass is 9.80. The van der Waals surface area contributed by atoms with Gasteiger partial charge in [-0.2, -0.15) is 0 Å². The van der Waals surface area contributed by atoms with E-state index in [1.165, 1.54) is 0 Å². The summed E-state index contributed by atoms with van der Waals surface area (Å²) in [4.78, 5) is 16.6. The second-order valence-electron chi connectivity index (χ2n) is 5.09. The summed E-state index contributed by atoms with van der Waals surface area (Å²) >= 11 is 0. The van der Waals surface area contributed by atoms with Crippen molar-refractivity contribution in [3.63, 3.8) is 0 Å². The smallest absolute Gasteiger partial charge is 0.270 e. The zero-order chi connectivity index (χ0) is 11.8. The van der Waals surface area contributed by atoms with Gasteiger partial charge < -0.3 is 15.0 Å². The van der Waals surface area contributed by atoms with Gasteiger partial charge in [0.25, 0.3) is 5.91 Å². The summed E-state index contributed by atoms with van der Waals surface area (Å²) in [6.07, 6.45) is 2.12. The van der Waals surface area contributed by atoms with Crippen LogP contribution in [-0.2, 0) is 0 Å². The first-order valence-electron chi connectivity index (χ1n) is 5.61. The highest BCUT2D eigenvalue weighted by molar-refractivity contribution is 5.92. The van der Waals surface area contributed by atoms with Crippen LogP contribution in [0, 0.1) is 5.41 Å². The Labute approximate surface area is 95.3 Å². The molecule has 2 rings (SSSR count). The van der Waals surface area contributed by atoms with E-state index in [2.05, 4.69) is 4.98 Å². The minimum Gasteiger partial charge on any atom is -0.391 e. The Hall–Kier alpha value is -1.29. The maximum absolute atomic E-state index is 12.0. The van der Waals surface area contributed by atoms with Gasteiger partial charge in [-0.05, 0) is 24.0 Å². The molecule has 1 aromatic rings. The number of H-pyrrole nitrogens is 1. The van der Waals surface area contributed by atoms with Crippen LogP contribution in [0.5, 0.6) is 0 Å². The summed E-state index contributed by atoms with van der Waals surface area (Å²) < 4.78 is 0. The third kappa shape index (κ3) is 1.97. The Morgan fingerprint density at radius 3 is 2.94 bits per heavy atom. The molecule has 1 saturated heterocycles. The molecule has 2 N–H and O–H groups in total. The lowest BCUT2D eigenvalue weighted by molar-refractivity contribution is -0.0192. The van der Waals surface area contributed by atoms with Crippen LogP contribution in [-0.4, -0.2) is 40.1 Å². The van der Waals surface area contributed by atoms with Crippen LogP contribution in [0.4, 0.5) is 0 Å². The molecule has 16 heavy (non-hydrogen) atoms. The summed E-state index contributed by atoms with van der Waals surface area (Å²) in [6.45, 7) is 5.20. The molecule has 4 nitrogen and oxygen atoms in total. The molecular formula is C12H18N2O2. The molecule has 0 aromatic carbocycles. The Kier molecular flexibility index (Phi) is 2.76. The Morgan fingerprint density at radius 1 is 1.62 bits per heavy atom. The molecule has 1 aliphatic rings. The SMILES string of the molecule is CC1(C)CCN(C(=O)c2ccc[nH]2)CC1O. The van der Waals surface area contributed by atoms with Crippen LogP contribution in [0.15, 0.2) is 18.3 Å². The second kappa shape index (κ2) is 3.94. The minimum atomic E-state index is -0.444. The van der Waals surface area contributed by atoms with Gasteiger partial charge in [-0.25, -0.2) is 0 Å². The van der Waals surface area contributed by atoms with Gasteiger partial charge in [0.15, 0.2) is 0 Å². The normalized spacial score (nSPS) is 24.4. The maximum atomic E-state index is 12.0. The number of aliphatic hydroxyl groups excluding tert-OH is 1. The van der Waals surface area contributed by atoms with E-state index >= 15 is 0 Å². The number of carbonyl (C=O) groups excluding carboxylic acids is 1. The van der Waals surface area contributed by atoms with E-state index in [1.54, 1.807) is 23.2 Å². The molecule has 1 amide bonds. The predicted molar refractivity (Wildman–Crippen MR) is 61.1 cm³/mol. The molecule has 1 unspecified atom stereocenters. The number of piperidine rings is 1. The van der Waals surface area contributed by atoms with Crippen molar-refractivity contribution in [2.45, 2.75) is 26.4 Å². The van der Waals surface area contributed by atoms with Crippen LogP contribution in [0.2, 0.25) is 0 Å².